The molecule has 0 aromatic carbocycles. The number of rotatable bonds is 6. The number of thioether (sulfide) groups is 1. The van der Waals surface area contributed by atoms with E-state index < -0.39 is 5.51 Å². The van der Waals surface area contributed by atoms with Gasteiger partial charge < -0.3 is 5.32 Å². The van der Waals surface area contributed by atoms with E-state index in [2.05, 4.69) is 5.32 Å². The molecule has 0 aliphatic carbocycles. The van der Waals surface area contributed by atoms with Crippen molar-refractivity contribution in [2.24, 2.45) is 0 Å². The smallest absolute Gasteiger partial charge is 0.316 e. The highest BCUT2D eigenvalue weighted by molar-refractivity contribution is 8.00. The van der Waals surface area contributed by atoms with Gasteiger partial charge in [0.05, 0.1) is 6.07 Å². The van der Waals surface area contributed by atoms with Crippen LogP contribution >= 0.6 is 11.8 Å². The fraction of sp³-hybridized carbons (Fsp3) is 0.857. The Balaban J connectivity index is 3.05. The highest BCUT2D eigenvalue weighted by Crippen LogP contribution is 2.29. The van der Waals surface area contributed by atoms with E-state index in [1.807, 2.05) is 6.07 Å². The first-order valence-electron chi connectivity index (χ1n) is 3.84. The van der Waals surface area contributed by atoms with Crippen LogP contribution in [0.3, 0.4) is 0 Å². The number of unbranched alkanes of at least 4 members (excludes halogenated alkanes) is 1. The normalized spacial score (nSPS) is 11.2. The van der Waals surface area contributed by atoms with Gasteiger partial charge in [0, 0.05) is 18.7 Å². The van der Waals surface area contributed by atoms with Crippen molar-refractivity contribution in [3.8, 4) is 6.07 Å². The molecule has 0 bridgehead atoms. The molecule has 0 atom stereocenters. The van der Waals surface area contributed by atoms with E-state index in [4.69, 9.17) is 5.26 Å². The van der Waals surface area contributed by atoms with E-state index in [1.54, 1.807) is 0 Å². The second-order valence-corrected chi connectivity index (χ2v) is 3.47. The van der Waals surface area contributed by atoms with E-state index in [-0.39, 0.29) is 17.5 Å². The Morgan fingerprint density at radius 2 is 2.00 bits per heavy atom. The summed E-state index contributed by atoms with van der Waals surface area (Å²) in [6.45, 7) is 0.932. The molecule has 1 N–H and O–H groups in total. The molecule has 0 saturated carbocycles. The predicted octanol–water partition coefficient (Wildman–Crippen LogP) is 2.13. The van der Waals surface area contributed by atoms with Crippen molar-refractivity contribution >= 4 is 11.8 Å². The molecule has 0 spiro atoms. The molecular weight excluding hydrogens is 201 g/mol. The van der Waals surface area contributed by atoms with Crippen LogP contribution in [0.25, 0.3) is 0 Å². The zero-order chi connectivity index (χ0) is 10.2. The lowest BCUT2D eigenvalue weighted by Crippen LogP contribution is -2.19. The Morgan fingerprint density at radius 1 is 1.31 bits per heavy atom. The van der Waals surface area contributed by atoms with Crippen molar-refractivity contribution in [3.63, 3.8) is 0 Å². The maximum atomic E-state index is 11.6. The minimum absolute atomic E-state index is 0.0239. The lowest BCUT2D eigenvalue weighted by Gasteiger charge is -2.05. The fourth-order valence-electron chi connectivity index (χ4n) is 0.656. The minimum atomic E-state index is -4.13. The molecule has 0 fully saturated rings. The van der Waals surface area contributed by atoms with E-state index in [9.17, 15) is 13.2 Å². The quantitative estimate of drug-likeness (QED) is 0.685. The SMILES string of the molecule is N#CCCCNCCSC(F)(F)F. The Bertz CT molecular complexity index is 164. The van der Waals surface area contributed by atoms with Gasteiger partial charge in [-0.1, -0.05) is 0 Å². The van der Waals surface area contributed by atoms with Gasteiger partial charge in [-0.25, -0.2) is 0 Å². The van der Waals surface area contributed by atoms with Crippen LogP contribution in [-0.4, -0.2) is 24.4 Å². The average molecular weight is 212 g/mol. The van der Waals surface area contributed by atoms with Crippen LogP contribution in [0.5, 0.6) is 0 Å². The number of hydrogen-bond acceptors (Lipinski definition) is 3. The number of hydrogen-bond donors (Lipinski definition) is 1. The molecule has 0 radical (unpaired) electrons. The number of halogens is 3. The second kappa shape index (κ2) is 7.04. The first-order chi connectivity index (χ1) is 6.06. The Morgan fingerprint density at radius 3 is 2.54 bits per heavy atom. The van der Waals surface area contributed by atoms with Crippen molar-refractivity contribution in [1.29, 1.82) is 5.26 Å². The van der Waals surface area contributed by atoms with Crippen LogP contribution in [0.1, 0.15) is 12.8 Å². The molecule has 0 rings (SSSR count). The maximum absolute atomic E-state index is 11.6. The molecule has 13 heavy (non-hydrogen) atoms. The van der Waals surface area contributed by atoms with Gasteiger partial charge >= 0.3 is 5.51 Å². The van der Waals surface area contributed by atoms with E-state index in [1.165, 1.54) is 0 Å². The lowest BCUT2D eigenvalue weighted by molar-refractivity contribution is -0.0327. The molecule has 0 unspecified atom stereocenters. The average Bonchev–Trinajstić information content (AvgIpc) is 2.01. The molecule has 0 aliphatic heterocycles. The molecule has 0 saturated heterocycles. The second-order valence-electron chi connectivity index (χ2n) is 2.31. The standard InChI is InChI=1S/C7H11F3N2S/c8-7(9,10)13-6-5-12-4-2-1-3-11/h12H,1-2,4-6H2. The van der Waals surface area contributed by atoms with Gasteiger partial charge in [0.25, 0.3) is 0 Å². The predicted molar refractivity (Wildman–Crippen MR) is 46.2 cm³/mol. The largest absolute Gasteiger partial charge is 0.441 e. The van der Waals surface area contributed by atoms with Crippen molar-refractivity contribution in [2.75, 3.05) is 18.8 Å². The van der Waals surface area contributed by atoms with Gasteiger partial charge in [-0.15, -0.1) is 0 Å². The highest BCUT2D eigenvalue weighted by Gasteiger charge is 2.27. The van der Waals surface area contributed by atoms with Crippen LogP contribution in [0.4, 0.5) is 13.2 Å². The summed E-state index contributed by atoms with van der Waals surface area (Å²) in [5, 5.41) is 11.0. The first kappa shape index (κ1) is 12.6. The summed E-state index contributed by atoms with van der Waals surface area (Å²) in [5.41, 5.74) is -4.13. The molecule has 76 valence electrons. The fourth-order valence-corrected chi connectivity index (χ4v) is 1.13. The van der Waals surface area contributed by atoms with Crippen LogP contribution in [0.15, 0.2) is 0 Å². The molecule has 0 amide bonds. The summed E-state index contributed by atoms with van der Waals surface area (Å²) in [5.74, 6) is 0.0239. The zero-order valence-electron chi connectivity index (χ0n) is 7.02. The molecule has 0 aliphatic rings. The molecule has 2 nitrogen and oxygen atoms in total. The van der Waals surface area contributed by atoms with Crippen LogP contribution < -0.4 is 5.32 Å². The summed E-state index contributed by atoms with van der Waals surface area (Å²) in [4.78, 5) is 0. The molecule has 0 aromatic heterocycles. The van der Waals surface area contributed by atoms with Crippen LogP contribution in [0, 0.1) is 11.3 Å². The van der Waals surface area contributed by atoms with Crippen molar-refractivity contribution in [1.82, 2.24) is 5.32 Å². The van der Waals surface area contributed by atoms with E-state index in [0.717, 1.165) is 0 Å². The van der Waals surface area contributed by atoms with Crippen molar-refractivity contribution in [2.45, 2.75) is 18.3 Å². The minimum Gasteiger partial charge on any atom is -0.316 e. The molecule has 0 aromatic rings. The first-order valence-corrected chi connectivity index (χ1v) is 4.83. The Hall–Kier alpha value is -0.410. The van der Waals surface area contributed by atoms with Gasteiger partial charge in [0.2, 0.25) is 0 Å². The van der Waals surface area contributed by atoms with E-state index in [0.29, 0.717) is 25.9 Å². The summed E-state index contributed by atoms with van der Waals surface area (Å²) >= 11 is -0.0301. The summed E-state index contributed by atoms with van der Waals surface area (Å²) in [6, 6.07) is 1.96. The maximum Gasteiger partial charge on any atom is 0.441 e. The van der Waals surface area contributed by atoms with E-state index >= 15 is 0 Å². The Labute approximate surface area is 79.5 Å². The Kier molecular flexibility index (Phi) is 6.82. The van der Waals surface area contributed by atoms with Gasteiger partial charge in [-0.05, 0) is 24.7 Å². The third-order valence-corrected chi connectivity index (χ3v) is 1.92. The van der Waals surface area contributed by atoms with Crippen LogP contribution in [-0.2, 0) is 0 Å². The van der Waals surface area contributed by atoms with Crippen molar-refractivity contribution < 1.29 is 13.2 Å². The van der Waals surface area contributed by atoms with Gasteiger partial charge in [-0.2, -0.15) is 18.4 Å². The molecule has 0 heterocycles. The third kappa shape index (κ3) is 11.6. The van der Waals surface area contributed by atoms with Crippen molar-refractivity contribution in [3.05, 3.63) is 0 Å². The molecular formula is C7H11F3N2S. The van der Waals surface area contributed by atoms with Gasteiger partial charge in [-0.3, -0.25) is 0 Å². The number of alkyl halides is 3. The van der Waals surface area contributed by atoms with Gasteiger partial charge in [0.15, 0.2) is 0 Å². The number of nitriles is 1. The highest BCUT2D eigenvalue weighted by atomic mass is 32.2. The number of nitrogens with one attached hydrogen (secondary N) is 1. The van der Waals surface area contributed by atoms with Crippen LogP contribution in [0.2, 0.25) is 0 Å². The lowest BCUT2D eigenvalue weighted by atomic mass is 10.3. The third-order valence-electron chi connectivity index (χ3n) is 1.19. The topological polar surface area (TPSA) is 35.8 Å². The number of nitrogens with zero attached hydrogens (tertiary/aromatic N) is 1. The zero-order valence-corrected chi connectivity index (χ0v) is 7.84. The summed E-state index contributed by atoms with van der Waals surface area (Å²) < 4.78 is 34.7. The monoisotopic (exact) mass is 212 g/mol. The summed E-state index contributed by atoms with van der Waals surface area (Å²) in [6.07, 6.45) is 1.13. The van der Waals surface area contributed by atoms with Gasteiger partial charge in [0.1, 0.15) is 0 Å². The summed E-state index contributed by atoms with van der Waals surface area (Å²) in [7, 11) is 0. The molecule has 6 heteroatoms.